The Kier molecular flexibility index (Phi) is 7.90. The lowest BCUT2D eigenvalue weighted by Crippen LogP contribution is -2.35. The third-order valence-corrected chi connectivity index (χ3v) is 4.71. The molecule has 1 aliphatic carbocycles. The summed E-state index contributed by atoms with van der Waals surface area (Å²) in [6.45, 7) is 4.44. The molecule has 0 bridgehead atoms. The number of carbonyl (C=O) groups is 1. The van der Waals surface area contributed by atoms with Crippen LogP contribution in [0.1, 0.15) is 23.4 Å². The van der Waals surface area contributed by atoms with E-state index in [1.165, 1.54) is 17.0 Å². The van der Waals surface area contributed by atoms with Gasteiger partial charge in [-0.05, 0) is 38.8 Å². The van der Waals surface area contributed by atoms with E-state index in [2.05, 4.69) is 20.5 Å². The van der Waals surface area contributed by atoms with E-state index in [0.29, 0.717) is 6.54 Å². The Morgan fingerprint density at radius 2 is 2.10 bits per heavy atom. The molecular weight excluding hydrogens is 331 g/mol. The molecule has 0 saturated carbocycles. The quantitative estimate of drug-likeness (QED) is 0.869. The number of thiazole rings is 1. The highest BCUT2D eigenvalue weighted by Gasteiger charge is 2.18. The molecule has 21 heavy (non-hydrogen) atoms. The maximum Gasteiger partial charge on any atom is 0.240 e. The van der Waals surface area contributed by atoms with E-state index in [0.717, 1.165) is 50.6 Å². The Morgan fingerprint density at radius 1 is 1.24 bits per heavy atom. The van der Waals surface area contributed by atoms with Crippen molar-refractivity contribution in [3.63, 3.8) is 0 Å². The fourth-order valence-electron chi connectivity index (χ4n) is 2.67. The first-order valence-corrected chi connectivity index (χ1v) is 7.84. The number of hydrogen-bond donors (Lipinski definition) is 2. The van der Waals surface area contributed by atoms with Crippen LogP contribution in [0, 0.1) is 0 Å². The normalized spacial score (nSPS) is 18.1. The molecule has 2 N–H and O–H groups in total. The van der Waals surface area contributed by atoms with E-state index in [4.69, 9.17) is 0 Å². The van der Waals surface area contributed by atoms with Crippen LogP contribution in [0.4, 0.5) is 5.13 Å². The van der Waals surface area contributed by atoms with Crippen LogP contribution in [0.5, 0.6) is 0 Å². The number of hydrogen-bond acceptors (Lipinski definition) is 5. The molecule has 5 nitrogen and oxygen atoms in total. The molecule has 8 heteroatoms. The number of fused-ring (bicyclic) bond motifs is 1. The number of carbonyl (C=O) groups excluding carboxylic acids is 1. The topological polar surface area (TPSA) is 57.3 Å². The Morgan fingerprint density at radius 3 is 2.90 bits per heavy atom. The minimum Gasteiger partial charge on any atom is -0.315 e. The van der Waals surface area contributed by atoms with Crippen LogP contribution >= 0.6 is 36.2 Å². The van der Waals surface area contributed by atoms with Gasteiger partial charge >= 0.3 is 0 Å². The van der Waals surface area contributed by atoms with Gasteiger partial charge in [0.1, 0.15) is 0 Å². The van der Waals surface area contributed by atoms with E-state index in [9.17, 15) is 4.79 Å². The van der Waals surface area contributed by atoms with Gasteiger partial charge in [0.25, 0.3) is 0 Å². The summed E-state index contributed by atoms with van der Waals surface area (Å²) >= 11 is 1.64. The van der Waals surface area contributed by atoms with Crippen molar-refractivity contribution in [2.45, 2.75) is 25.7 Å². The smallest absolute Gasteiger partial charge is 0.240 e. The average molecular weight is 353 g/mol. The molecule has 1 aromatic heterocycles. The number of halogens is 2. The summed E-state index contributed by atoms with van der Waals surface area (Å²) in [4.78, 5) is 20.1. The van der Waals surface area contributed by atoms with Gasteiger partial charge in [0, 0.05) is 18.0 Å². The molecule has 0 aromatic carbocycles. The second-order valence-corrected chi connectivity index (χ2v) is 6.25. The highest BCUT2D eigenvalue weighted by atomic mass is 35.5. The second kappa shape index (κ2) is 8.90. The van der Waals surface area contributed by atoms with E-state index in [-0.39, 0.29) is 30.7 Å². The molecular formula is C13H22Cl2N4OS. The number of aromatic nitrogens is 1. The third-order valence-electron chi connectivity index (χ3n) is 3.64. The molecule has 0 radical (unpaired) electrons. The Hall–Kier alpha value is -0.400. The summed E-state index contributed by atoms with van der Waals surface area (Å²) in [7, 11) is 0. The van der Waals surface area contributed by atoms with Gasteiger partial charge in [0.15, 0.2) is 5.13 Å². The lowest BCUT2D eigenvalue weighted by molar-refractivity contribution is -0.117. The first-order valence-electron chi connectivity index (χ1n) is 7.03. The second-order valence-electron chi connectivity index (χ2n) is 5.17. The summed E-state index contributed by atoms with van der Waals surface area (Å²) < 4.78 is 0. The van der Waals surface area contributed by atoms with Crippen LogP contribution in [-0.4, -0.2) is 48.5 Å². The van der Waals surface area contributed by atoms with Crippen LogP contribution in [0.3, 0.4) is 0 Å². The summed E-state index contributed by atoms with van der Waals surface area (Å²) in [5.74, 6) is 0.0642. The van der Waals surface area contributed by atoms with Crippen LogP contribution in [0.2, 0.25) is 0 Å². The minimum absolute atomic E-state index is 0. The zero-order valence-corrected chi connectivity index (χ0v) is 14.3. The van der Waals surface area contributed by atoms with E-state index >= 15 is 0 Å². The first-order chi connectivity index (χ1) is 9.31. The van der Waals surface area contributed by atoms with Crippen molar-refractivity contribution >= 4 is 47.2 Å². The molecule has 1 aliphatic heterocycles. The Bertz CT molecular complexity index is 440. The number of rotatable bonds is 3. The van der Waals surface area contributed by atoms with Gasteiger partial charge < -0.3 is 10.6 Å². The molecule has 1 amide bonds. The monoisotopic (exact) mass is 352 g/mol. The SMILES string of the molecule is Cl.Cl.O=C(CN1CCCNCC1)Nc1nc2c(s1)CCC2. The molecule has 3 rings (SSSR count). The van der Waals surface area contributed by atoms with Gasteiger partial charge in [-0.3, -0.25) is 9.69 Å². The number of amides is 1. The molecule has 1 aromatic rings. The zero-order valence-electron chi connectivity index (χ0n) is 11.9. The van der Waals surface area contributed by atoms with Gasteiger partial charge in [0.2, 0.25) is 5.91 Å². The van der Waals surface area contributed by atoms with Crippen LogP contribution in [0.15, 0.2) is 0 Å². The van der Waals surface area contributed by atoms with Crippen molar-refractivity contribution in [2.75, 3.05) is 38.0 Å². The third kappa shape index (κ3) is 5.07. The standard InChI is InChI=1S/C13H20N4OS.2ClH/c18-12(9-17-7-2-5-14-6-8-17)16-13-15-10-3-1-4-11(10)19-13;;/h14H,1-9H2,(H,15,16,18);2*1H. The van der Waals surface area contributed by atoms with Crippen molar-refractivity contribution in [1.82, 2.24) is 15.2 Å². The maximum atomic E-state index is 12.0. The van der Waals surface area contributed by atoms with Crippen molar-refractivity contribution in [3.8, 4) is 0 Å². The maximum absolute atomic E-state index is 12.0. The van der Waals surface area contributed by atoms with Gasteiger partial charge in [-0.1, -0.05) is 0 Å². The molecule has 0 atom stereocenters. The molecule has 0 spiro atoms. The lowest BCUT2D eigenvalue weighted by Gasteiger charge is -2.18. The predicted molar refractivity (Wildman–Crippen MR) is 91.2 cm³/mol. The van der Waals surface area contributed by atoms with Crippen molar-refractivity contribution in [3.05, 3.63) is 10.6 Å². The van der Waals surface area contributed by atoms with Gasteiger partial charge in [-0.25, -0.2) is 4.98 Å². The van der Waals surface area contributed by atoms with Gasteiger partial charge in [-0.15, -0.1) is 36.2 Å². The largest absolute Gasteiger partial charge is 0.315 e. The average Bonchev–Trinajstić information content (AvgIpc) is 2.83. The minimum atomic E-state index is 0. The van der Waals surface area contributed by atoms with Crippen LogP contribution in [-0.2, 0) is 17.6 Å². The van der Waals surface area contributed by atoms with Crippen molar-refractivity contribution in [2.24, 2.45) is 0 Å². The molecule has 120 valence electrons. The Labute approximate surface area is 141 Å². The van der Waals surface area contributed by atoms with E-state index < -0.39 is 0 Å². The van der Waals surface area contributed by atoms with E-state index in [1.54, 1.807) is 11.3 Å². The molecule has 1 fully saturated rings. The summed E-state index contributed by atoms with van der Waals surface area (Å²) in [6, 6.07) is 0. The van der Waals surface area contributed by atoms with Gasteiger partial charge in [0.05, 0.1) is 12.2 Å². The molecule has 1 saturated heterocycles. The van der Waals surface area contributed by atoms with Crippen molar-refractivity contribution in [1.29, 1.82) is 0 Å². The van der Waals surface area contributed by atoms with Crippen LogP contribution in [0.25, 0.3) is 0 Å². The zero-order chi connectivity index (χ0) is 13.1. The number of nitrogens with one attached hydrogen (secondary N) is 2. The highest BCUT2D eigenvalue weighted by molar-refractivity contribution is 7.15. The Balaban J connectivity index is 0.00000110. The fraction of sp³-hybridized carbons (Fsp3) is 0.692. The highest BCUT2D eigenvalue weighted by Crippen LogP contribution is 2.30. The summed E-state index contributed by atoms with van der Waals surface area (Å²) in [5.41, 5.74) is 1.19. The first kappa shape index (κ1) is 18.6. The van der Waals surface area contributed by atoms with E-state index in [1.807, 2.05) is 0 Å². The van der Waals surface area contributed by atoms with Gasteiger partial charge in [-0.2, -0.15) is 0 Å². The number of anilines is 1. The molecule has 2 heterocycles. The summed E-state index contributed by atoms with van der Waals surface area (Å²) in [6.07, 6.45) is 4.52. The number of aryl methyl sites for hydroxylation is 2. The van der Waals surface area contributed by atoms with Crippen LogP contribution < -0.4 is 10.6 Å². The molecule has 2 aliphatic rings. The fourth-order valence-corrected chi connectivity index (χ4v) is 3.73. The number of nitrogens with zero attached hydrogens (tertiary/aromatic N) is 2. The lowest BCUT2D eigenvalue weighted by atomic mass is 10.4. The predicted octanol–water partition coefficient (Wildman–Crippen LogP) is 1.71. The van der Waals surface area contributed by atoms with Crippen molar-refractivity contribution < 1.29 is 4.79 Å². The molecule has 0 unspecified atom stereocenters. The summed E-state index contributed by atoms with van der Waals surface area (Å²) in [5, 5.41) is 7.07.